The molecule has 0 bridgehead atoms. The van der Waals surface area contributed by atoms with Crippen molar-refractivity contribution in [2.75, 3.05) is 24.5 Å². The van der Waals surface area contributed by atoms with Crippen molar-refractivity contribution < 1.29 is 4.79 Å². The van der Waals surface area contributed by atoms with Crippen molar-refractivity contribution in [3.05, 3.63) is 66.5 Å². The molecule has 2 aromatic rings. The molecule has 1 aromatic carbocycles. The largest absolute Gasteiger partial charge is 0.341 e. The third-order valence-electron chi connectivity index (χ3n) is 5.67. The molecule has 1 amide bonds. The summed E-state index contributed by atoms with van der Waals surface area (Å²) >= 11 is 0. The van der Waals surface area contributed by atoms with E-state index in [9.17, 15) is 4.79 Å². The number of piperidine rings is 1. The van der Waals surface area contributed by atoms with E-state index in [1.807, 2.05) is 29.2 Å². The monoisotopic (exact) mass is 362 g/mol. The smallest absolute Gasteiger partial charge is 0.226 e. The second-order valence-electron chi connectivity index (χ2n) is 7.39. The van der Waals surface area contributed by atoms with Crippen LogP contribution in [0.2, 0.25) is 0 Å². The Morgan fingerprint density at radius 3 is 2.44 bits per heavy atom. The van der Waals surface area contributed by atoms with Gasteiger partial charge in [-0.25, -0.2) is 9.97 Å². The first kappa shape index (κ1) is 17.7. The van der Waals surface area contributed by atoms with Crippen LogP contribution in [-0.2, 0) is 11.3 Å². The Balaban J connectivity index is 1.40. The summed E-state index contributed by atoms with van der Waals surface area (Å²) in [5, 5.41) is 0. The zero-order valence-corrected chi connectivity index (χ0v) is 15.6. The lowest BCUT2D eigenvalue weighted by molar-refractivity contribution is -0.137. The maximum absolute atomic E-state index is 13.2. The molecule has 0 radical (unpaired) electrons. The van der Waals surface area contributed by atoms with Gasteiger partial charge in [0.2, 0.25) is 11.9 Å². The summed E-state index contributed by atoms with van der Waals surface area (Å²) in [6.45, 7) is 3.24. The zero-order chi connectivity index (χ0) is 18.5. The third kappa shape index (κ3) is 4.18. The first-order valence-electron chi connectivity index (χ1n) is 9.81. The van der Waals surface area contributed by atoms with Gasteiger partial charge in [0.15, 0.2) is 0 Å². The highest BCUT2D eigenvalue weighted by atomic mass is 16.2. The summed E-state index contributed by atoms with van der Waals surface area (Å²) in [5.41, 5.74) is 1.19. The molecule has 2 aliphatic rings. The Labute approximate surface area is 160 Å². The van der Waals surface area contributed by atoms with E-state index in [1.54, 1.807) is 12.4 Å². The summed E-state index contributed by atoms with van der Waals surface area (Å²) in [7, 11) is 0. The molecule has 0 spiro atoms. The van der Waals surface area contributed by atoms with Crippen molar-refractivity contribution in [3.8, 4) is 0 Å². The lowest BCUT2D eigenvalue weighted by Crippen LogP contribution is -2.42. The number of anilines is 1. The number of hydrogen-bond donors (Lipinski definition) is 0. The number of benzene rings is 1. The third-order valence-corrected chi connectivity index (χ3v) is 5.67. The number of allylic oxidation sites excluding steroid dienone is 1. The number of hydrogen-bond acceptors (Lipinski definition) is 4. The second kappa shape index (κ2) is 8.33. The van der Waals surface area contributed by atoms with Crippen LogP contribution in [0.4, 0.5) is 5.95 Å². The molecular weight excluding hydrogens is 336 g/mol. The van der Waals surface area contributed by atoms with Crippen molar-refractivity contribution in [1.82, 2.24) is 14.9 Å². The quantitative estimate of drug-likeness (QED) is 0.783. The van der Waals surface area contributed by atoms with E-state index in [4.69, 9.17) is 0 Å². The molecule has 1 fully saturated rings. The van der Waals surface area contributed by atoms with E-state index < -0.39 is 0 Å². The minimum Gasteiger partial charge on any atom is -0.341 e. The summed E-state index contributed by atoms with van der Waals surface area (Å²) in [6.07, 6.45) is 10.8. The number of amides is 1. The molecule has 3 heterocycles. The van der Waals surface area contributed by atoms with E-state index in [2.05, 4.69) is 39.2 Å². The lowest BCUT2D eigenvalue weighted by atomic mass is 9.81. The minimum atomic E-state index is 0.0892. The van der Waals surface area contributed by atoms with Crippen molar-refractivity contribution in [2.24, 2.45) is 11.8 Å². The van der Waals surface area contributed by atoms with Crippen molar-refractivity contribution in [2.45, 2.75) is 25.8 Å². The Morgan fingerprint density at radius 1 is 0.963 bits per heavy atom. The van der Waals surface area contributed by atoms with Crippen LogP contribution in [0.25, 0.3) is 0 Å². The molecule has 27 heavy (non-hydrogen) atoms. The minimum absolute atomic E-state index is 0.0892. The molecule has 1 aromatic heterocycles. The van der Waals surface area contributed by atoms with Gasteiger partial charge in [-0.15, -0.1) is 0 Å². The van der Waals surface area contributed by atoms with E-state index in [1.165, 1.54) is 5.56 Å². The average Bonchev–Trinajstić information content (AvgIpc) is 2.91. The van der Waals surface area contributed by atoms with Crippen molar-refractivity contribution >= 4 is 11.9 Å². The molecule has 5 nitrogen and oxygen atoms in total. The van der Waals surface area contributed by atoms with Gasteiger partial charge in [-0.1, -0.05) is 42.5 Å². The van der Waals surface area contributed by atoms with E-state index in [-0.39, 0.29) is 5.92 Å². The van der Waals surface area contributed by atoms with Crippen molar-refractivity contribution in [3.63, 3.8) is 0 Å². The first-order chi connectivity index (χ1) is 13.3. The maximum Gasteiger partial charge on any atom is 0.226 e. The van der Waals surface area contributed by atoms with Gasteiger partial charge in [0, 0.05) is 44.5 Å². The van der Waals surface area contributed by atoms with E-state index in [0.29, 0.717) is 24.9 Å². The van der Waals surface area contributed by atoms with Gasteiger partial charge in [-0.2, -0.15) is 0 Å². The van der Waals surface area contributed by atoms with Gasteiger partial charge in [0.05, 0.1) is 0 Å². The van der Waals surface area contributed by atoms with Gasteiger partial charge in [-0.05, 0) is 36.8 Å². The predicted molar refractivity (Wildman–Crippen MR) is 106 cm³/mol. The molecule has 0 saturated carbocycles. The fourth-order valence-electron chi connectivity index (χ4n) is 4.17. The molecule has 2 aliphatic heterocycles. The van der Waals surface area contributed by atoms with Crippen LogP contribution in [0.5, 0.6) is 0 Å². The Kier molecular flexibility index (Phi) is 5.47. The molecule has 1 unspecified atom stereocenters. The molecule has 1 saturated heterocycles. The van der Waals surface area contributed by atoms with E-state index in [0.717, 1.165) is 38.3 Å². The van der Waals surface area contributed by atoms with Crippen LogP contribution in [-0.4, -0.2) is 40.4 Å². The van der Waals surface area contributed by atoms with Gasteiger partial charge in [0.25, 0.3) is 0 Å². The molecular formula is C22H26N4O. The molecule has 140 valence electrons. The van der Waals surface area contributed by atoms with Crippen LogP contribution >= 0.6 is 0 Å². The molecule has 4 rings (SSSR count). The first-order valence-corrected chi connectivity index (χ1v) is 9.81. The highest BCUT2D eigenvalue weighted by Gasteiger charge is 2.34. The molecule has 1 atom stereocenters. The number of rotatable bonds is 4. The predicted octanol–water partition coefficient (Wildman–Crippen LogP) is 3.30. The summed E-state index contributed by atoms with van der Waals surface area (Å²) in [4.78, 5) is 26.2. The fraction of sp³-hybridized carbons (Fsp3) is 0.409. The molecule has 5 heteroatoms. The topological polar surface area (TPSA) is 49.3 Å². The van der Waals surface area contributed by atoms with Crippen LogP contribution in [0.3, 0.4) is 0 Å². The summed E-state index contributed by atoms with van der Waals surface area (Å²) in [6, 6.07) is 12.1. The summed E-state index contributed by atoms with van der Waals surface area (Å²) < 4.78 is 0. The van der Waals surface area contributed by atoms with Gasteiger partial charge in [-0.3, -0.25) is 4.79 Å². The SMILES string of the molecule is O=C1C(C2CCN(c3ncccn3)CC2)CC=CCN1Cc1ccccc1. The normalized spacial score (nSPS) is 21.3. The number of carbonyl (C=O) groups is 1. The number of nitrogens with zero attached hydrogens (tertiary/aromatic N) is 4. The molecule has 0 N–H and O–H groups in total. The average molecular weight is 362 g/mol. The standard InChI is InChI=1S/C22H26N4O/c27-21-20(9-4-5-14-26(21)17-18-7-2-1-3-8-18)19-10-15-25(16-11-19)22-23-12-6-13-24-22/h1-8,12-13,19-20H,9-11,14-17H2. The Morgan fingerprint density at radius 2 is 1.70 bits per heavy atom. The van der Waals surface area contributed by atoms with Crippen molar-refractivity contribution in [1.29, 1.82) is 0 Å². The van der Waals surface area contributed by atoms with Crippen LogP contribution in [0, 0.1) is 11.8 Å². The lowest BCUT2D eigenvalue weighted by Gasteiger charge is -2.36. The van der Waals surface area contributed by atoms with Crippen LogP contribution in [0.15, 0.2) is 60.9 Å². The zero-order valence-electron chi connectivity index (χ0n) is 15.6. The number of carbonyl (C=O) groups excluding carboxylic acids is 1. The fourth-order valence-corrected chi connectivity index (χ4v) is 4.17. The number of aromatic nitrogens is 2. The van der Waals surface area contributed by atoms with Gasteiger partial charge >= 0.3 is 0 Å². The highest BCUT2D eigenvalue weighted by Crippen LogP contribution is 2.31. The summed E-state index contributed by atoms with van der Waals surface area (Å²) in [5.74, 6) is 1.62. The highest BCUT2D eigenvalue weighted by molar-refractivity contribution is 5.80. The Hall–Kier alpha value is -2.69. The van der Waals surface area contributed by atoms with Crippen LogP contribution < -0.4 is 4.90 Å². The van der Waals surface area contributed by atoms with Gasteiger partial charge in [0.1, 0.15) is 0 Å². The maximum atomic E-state index is 13.2. The Bertz CT molecular complexity index is 769. The molecule has 0 aliphatic carbocycles. The van der Waals surface area contributed by atoms with Crippen LogP contribution in [0.1, 0.15) is 24.8 Å². The van der Waals surface area contributed by atoms with E-state index >= 15 is 0 Å². The van der Waals surface area contributed by atoms with Gasteiger partial charge < -0.3 is 9.80 Å². The second-order valence-corrected chi connectivity index (χ2v) is 7.39.